The molecule has 0 aromatic heterocycles. The smallest absolute Gasteiger partial charge is 0.324 e. The Bertz CT molecular complexity index is 664. The van der Waals surface area contributed by atoms with E-state index in [0.29, 0.717) is 13.2 Å². The third kappa shape index (κ3) is 8.19. The van der Waals surface area contributed by atoms with Crippen molar-refractivity contribution in [2.24, 2.45) is 5.92 Å². The Balaban J connectivity index is 1.78. The maximum absolute atomic E-state index is 12.2. The number of hydrogen-bond acceptors (Lipinski definition) is 9. The van der Waals surface area contributed by atoms with Crippen molar-refractivity contribution in [3.8, 4) is 0 Å². The molecule has 9 nitrogen and oxygen atoms in total. The van der Waals surface area contributed by atoms with Crippen molar-refractivity contribution in [1.29, 1.82) is 0 Å². The first kappa shape index (κ1) is 24.0. The molecule has 10 heteroatoms. The van der Waals surface area contributed by atoms with E-state index in [1.807, 2.05) is 0 Å². The van der Waals surface area contributed by atoms with E-state index in [4.69, 9.17) is 18.5 Å². The highest BCUT2D eigenvalue weighted by Gasteiger charge is 2.34. The van der Waals surface area contributed by atoms with E-state index in [-0.39, 0.29) is 24.0 Å². The quantitative estimate of drug-likeness (QED) is 0.527. The van der Waals surface area contributed by atoms with E-state index in [2.05, 4.69) is 0 Å². The van der Waals surface area contributed by atoms with Crippen LogP contribution in [0.5, 0.6) is 0 Å². The summed E-state index contributed by atoms with van der Waals surface area (Å²) in [5.74, 6) is -1.91. The van der Waals surface area contributed by atoms with Gasteiger partial charge in [0.25, 0.3) is 10.1 Å². The maximum atomic E-state index is 12.2. The number of methoxy groups -OCH3 is 1. The van der Waals surface area contributed by atoms with Crippen molar-refractivity contribution in [3.05, 3.63) is 0 Å². The van der Waals surface area contributed by atoms with Crippen LogP contribution in [0, 0.1) is 5.92 Å². The van der Waals surface area contributed by atoms with Gasteiger partial charge in [0.05, 0.1) is 31.8 Å². The zero-order chi connectivity index (χ0) is 21.7. The fourth-order valence-corrected chi connectivity index (χ4v) is 4.53. The molecule has 0 amide bonds. The van der Waals surface area contributed by atoms with Gasteiger partial charge in [-0.2, -0.15) is 17.8 Å². The Labute approximate surface area is 173 Å². The lowest BCUT2D eigenvalue weighted by atomic mass is 9.87. The van der Waals surface area contributed by atoms with Crippen LogP contribution in [0.2, 0.25) is 0 Å². The lowest BCUT2D eigenvalue weighted by molar-refractivity contribution is -0.152. The van der Waals surface area contributed by atoms with Crippen LogP contribution in [0.3, 0.4) is 0 Å². The Morgan fingerprint density at radius 2 is 1.72 bits per heavy atom. The lowest BCUT2D eigenvalue weighted by Crippen LogP contribution is -2.39. The SMILES string of the molecule is COC(=O)[C@H]1CC[C@H](OC[C@@H]2CCCN2OS(=O)(=O)CC(=O)OC(C)(C)C)CC1. The molecule has 1 heterocycles. The molecule has 1 saturated carbocycles. The summed E-state index contributed by atoms with van der Waals surface area (Å²) < 4.78 is 45.4. The number of hydroxylamine groups is 2. The van der Waals surface area contributed by atoms with E-state index in [1.54, 1.807) is 20.8 Å². The molecule has 0 N–H and O–H groups in total. The van der Waals surface area contributed by atoms with Crippen molar-refractivity contribution in [2.75, 3.05) is 26.0 Å². The average Bonchev–Trinajstić information content (AvgIpc) is 3.03. The zero-order valence-corrected chi connectivity index (χ0v) is 18.5. The largest absolute Gasteiger partial charge is 0.469 e. The molecule has 0 aromatic rings. The summed E-state index contributed by atoms with van der Waals surface area (Å²) in [6.07, 6.45) is 4.56. The molecule has 2 aliphatic rings. The number of carbonyl (C=O) groups is 2. The molecule has 1 aliphatic heterocycles. The summed E-state index contributed by atoms with van der Waals surface area (Å²) in [6, 6.07) is -0.193. The molecule has 0 unspecified atom stereocenters. The monoisotopic (exact) mass is 435 g/mol. The average molecular weight is 436 g/mol. The highest BCUT2D eigenvalue weighted by atomic mass is 32.2. The van der Waals surface area contributed by atoms with Crippen LogP contribution in [0.1, 0.15) is 59.3 Å². The zero-order valence-electron chi connectivity index (χ0n) is 17.7. The van der Waals surface area contributed by atoms with Crippen LogP contribution >= 0.6 is 0 Å². The van der Waals surface area contributed by atoms with Crippen molar-refractivity contribution in [1.82, 2.24) is 5.06 Å². The highest BCUT2D eigenvalue weighted by molar-refractivity contribution is 7.87. The van der Waals surface area contributed by atoms with Gasteiger partial charge in [-0.3, -0.25) is 9.59 Å². The van der Waals surface area contributed by atoms with Crippen molar-refractivity contribution in [3.63, 3.8) is 0 Å². The van der Waals surface area contributed by atoms with E-state index in [9.17, 15) is 18.0 Å². The van der Waals surface area contributed by atoms with Crippen LogP contribution in [0.25, 0.3) is 0 Å². The minimum atomic E-state index is -4.09. The molecular weight excluding hydrogens is 402 g/mol. The molecule has 0 spiro atoms. The van der Waals surface area contributed by atoms with Crippen LogP contribution in [-0.4, -0.2) is 69.2 Å². The van der Waals surface area contributed by atoms with Gasteiger partial charge < -0.3 is 14.2 Å². The molecule has 1 aliphatic carbocycles. The molecule has 2 rings (SSSR count). The van der Waals surface area contributed by atoms with Gasteiger partial charge in [0, 0.05) is 6.54 Å². The third-order valence-corrected chi connectivity index (χ3v) is 5.99. The summed E-state index contributed by atoms with van der Waals surface area (Å²) in [5.41, 5.74) is -0.760. The fourth-order valence-electron chi connectivity index (χ4n) is 3.64. The second kappa shape index (κ2) is 10.2. The molecule has 0 radical (unpaired) electrons. The van der Waals surface area contributed by atoms with Gasteiger partial charge in [0.15, 0.2) is 5.75 Å². The maximum Gasteiger partial charge on any atom is 0.324 e. The fraction of sp³-hybridized carbons (Fsp3) is 0.895. The summed E-state index contributed by atoms with van der Waals surface area (Å²) >= 11 is 0. The summed E-state index contributed by atoms with van der Waals surface area (Å²) in [4.78, 5) is 23.4. The first-order chi connectivity index (χ1) is 13.5. The molecule has 168 valence electrons. The van der Waals surface area contributed by atoms with Gasteiger partial charge >= 0.3 is 11.9 Å². The number of carbonyl (C=O) groups excluding carboxylic acids is 2. The van der Waals surface area contributed by atoms with E-state index >= 15 is 0 Å². The minimum absolute atomic E-state index is 0.0386. The van der Waals surface area contributed by atoms with Crippen molar-refractivity contribution in [2.45, 2.75) is 77.0 Å². The van der Waals surface area contributed by atoms with Crippen LogP contribution in [0.4, 0.5) is 0 Å². The number of nitrogens with zero attached hydrogens (tertiary/aromatic N) is 1. The third-order valence-electron chi connectivity index (χ3n) is 4.98. The summed E-state index contributed by atoms with van der Waals surface area (Å²) in [5, 5.41) is 1.39. The van der Waals surface area contributed by atoms with Crippen LogP contribution in [-0.2, 0) is 38.2 Å². The highest BCUT2D eigenvalue weighted by Crippen LogP contribution is 2.28. The van der Waals surface area contributed by atoms with Gasteiger partial charge in [-0.05, 0) is 59.3 Å². The van der Waals surface area contributed by atoms with Crippen LogP contribution in [0.15, 0.2) is 0 Å². The lowest BCUT2D eigenvalue weighted by Gasteiger charge is -2.29. The van der Waals surface area contributed by atoms with Gasteiger partial charge in [-0.25, -0.2) is 0 Å². The van der Waals surface area contributed by atoms with Gasteiger partial charge in [0.1, 0.15) is 5.60 Å². The Kier molecular flexibility index (Phi) is 8.45. The van der Waals surface area contributed by atoms with E-state index in [1.165, 1.54) is 12.2 Å². The molecule has 1 saturated heterocycles. The minimum Gasteiger partial charge on any atom is -0.469 e. The van der Waals surface area contributed by atoms with Crippen molar-refractivity contribution < 1.29 is 36.5 Å². The van der Waals surface area contributed by atoms with Gasteiger partial charge in [-0.15, -0.1) is 0 Å². The van der Waals surface area contributed by atoms with Gasteiger partial charge in [0.2, 0.25) is 0 Å². The van der Waals surface area contributed by atoms with Gasteiger partial charge in [-0.1, -0.05) is 0 Å². The predicted molar refractivity (Wildman–Crippen MR) is 104 cm³/mol. The predicted octanol–water partition coefficient (Wildman–Crippen LogP) is 1.80. The van der Waals surface area contributed by atoms with Crippen molar-refractivity contribution >= 4 is 22.1 Å². The molecule has 29 heavy (non-hydrogen) atoms. The standard InChI is InChI=1S/C19H33NO8S/c1-19(2,3)27-17(21)13-29(23,24)28-20-11-5-6-15(20)12-26-16-9-7-14(8-10-16)18(22)25-4/h14-16H,5-13H2,1-4H3/t14-,15-,16-/m0/s1. The normalized spacial score (nSPS) is 26.3. The van der Waals surface area contributed by atoms with Crippen LogP contribution < -0.4 is 0 Å². The second-order valence-electron chi connectivity index (χ2n) is 8.63. The first-order valence-corrected chi connectivity index (χ1v) is 11.7. The summed E-state index contributed by atoms with van der Waals surface area (Å²) in [7, 11) is -2.69. The molecule has 2 fully saturated rings. The number of esters is 2. The molecule has 1 atom stereocenters. The van der Waals surface area contributed by atoms with E-state index < -0.39 is 27.4 Å². The number of ether oxygens (including phenoxy) is 3. The summed E-state index contributed by atoms with van der Waals surface area (Å²) in [6.45, 7) is 5.81. The van der Waals surface area contributed by atoms with E-state index in [0.717, 1.165) is 38.5 Å². The molecular formula is C19H33NO8S. The first-order valence-electron chi connectivity index (χ1n) is 10.1. The Morgan fingerprint density at radius 1 is 1.07 bits per heavy atom. The Morgan fingerprint density at radius 3 is 2.31 bits per heavy atom. The second-order valence-corrected chi connectivity index (χ2v) is 10.2. The Hall–Kier alpha value is -1.23. The number of rotatable bonds is 8. The topological polar surface area (TPSA) is 108 Å². The molecule has 0 bridgehead atoms. The molecule has 0 aromatic carbocycles. The number of hydrogen-bond donors (Lipinski definition) is 0.